The van der Waals surface area contributed by atoms with Gasteiger partial charge in [-0.1, -0.05) is 29.8 Å². The third kappa shape index (κ3) is 4.87. The maximum atomic E-state index is 11.9. The van der Waals surface area contributed by atoms with E-state index in [0.717, 1.165) is 5.56 Å². The van der Waals surface area contributed by atoms with Crippen LogP contribution < -0.4 is 15.4 Å². The first-order chi connectivity index (χ1) is 11.0. The average molecular weight is 335 g/mol. The number of nitrogens with one attached hydrogen (secondary N) is 2. The van der Waals surface area contributed by atoms with Crippen molar-refractivity contribution in [3.63, 3.8) is 0 Å². The average Bonchev–Trinajstić information content (AvgIpc) is 2.56. The summed E-state index contributed by atoms with van der Waals surface area (Å²) in [5, 5.41) is 15.8. The molecule has 1 unspecified atom stereocenters. The van der Waals surface area contributed by atoms with Crippen molar-refractivity contribution in [2.45, 2.75) is 13.0 Å². The number of halogens is 1. The number of aryl methyl sites for hydroxylation is 1. The third-order valence-corrected chi connectivity index (χ3v) is 3.66. The number of hydrogen-bond donors (Lipinski definition) is 3. The van der Waals surface area contributed by atoms with Crippen LogP contribution in [0.1, 0.15) is 17.2 Å². The lowest BCUT2D eigenvalue weighted by atomic mass is 10.1. The van der Waals surface area contributed by atoms with Crippen LogP contribution in [0.5, 0.6) is 5.75 Å². The van der Waals surface area contributed by atoms with Crippen molar-refractivity contribution in [3.8, 4) is 5.75 Å². The normalized spacial score (nSPS) is 11.7. The lowest BCUT2D eigenvalue weighted by Crippen LogP contribution is -2.32. The molecule has 6 heteroatoms. The van der Waals surface area contributed by atoms with Gasteiger partial charge in [-0.15, -0.1) is 0 Å². The standard InChI is InChI=1S/C17H19ClN2O3/c1-11-3-8-14(18)15(9-11)20-17(22)19-10-16(21)12-4-6-13(23-2)7-5-12/h3-9,16,21H,10H2,1-2H3,(H2,19,20,22). The van der Waals surface area contributed by atoms with Crippen molar-refractivity contribution in [1.82, 2.24) is 5.32 Å². The highest BCUT2D eigenvalue weighted by Gasteiger charge is 2.11. The van der Waals surface area contributed by atoms with E-state index in [-0.39, 0.29) is 6.54 Å². The number of aliphatic hydroxyl groups excluding tert-OH is 1. The van der Waals surface area contributed by atoms with Crippen LogP contribution in [0.2, 0.25) is 5.02 Å². The monoisotopic (exact) mass is 334 g/mol. The van der Waals surface area contributed by atoms with Crippen LogP contribution in [0.15, 0.2) is 42.5 Å². The van der Waals surface area contributed by atoms with Gasteiger partial charge in [0.2, 0.25) is 0 Å². The number of aliphatic hydroxyl groups is 1. The molecular formula is C17H19ClN2O3. The molecule has 0 bridgehead atoms. The van der Waals surface area contributed by atoms with Crippen molar-refractivity contribution >= 4 is 23.3 Å². The zero-order valence-electron chi connectivity index (χ0n) is 13.0. The largest absolute Gasteiger partial charge is 0.497 e. The molecule has 0 radical (unpaired) electrons. The zero-order chi connectivity index (χ0) is 16.8. The summed E-state index contributed by atoms with van der Waals surface area (Å²) in [4.78, 5) is 11.9. The predicted molar refractivity (Wildman–Crippen MR) is 91.2 cm³/mol. The van der Waals surface area contributed by atoms with Gasteiger partial charge in [0.05, 0.1) is 23.9 Å². The van der Waals surface area contributed by atoms with Gasteiger partial charge in [-0.05, 0) is 42.3 Å². The molecule has 23 heavy (non-hydrogen) atoms. The van der Waals surface area contributed by atoms with Crippen LogP contribution in [0.3, 0.4) is 0 Å². The molecule has 0 saturated heterocycles. The van der Waals surface area contributed by atoms with Crippen molar-refractivity contribution < 1.29 is 14.6 Å². The SMILES string of the molecule is COc1ccc(C(O)CNC(=O)Nc2cc(C)ccc2Cl)cc1. The third-order valence-electron chi connectivity index (χ3n) is 3.33. The highest BCUT2D eigenvalue weighted by molar-refractivity contribution is 6.33. The molecule has 1 atom stereocenters. The van der Waals surface area contributed by atoms with Crippen LogP contribution in [0.4, 0.5) is 10.5 Å². The highest BCUT2D eigenvalue weighted by atomic mass is 35.5. The van der Waals surface area contributed by atoms with Gasteiger partial charge in [0.25, 0.3) is 0 Å². The van der Waals surface area contributed by atoms with Gasteiger partial charge in [-0.2, -0.15) is 0 Å². The minimum absolute atomic E-state index is 0.0849. The summed E-state index contributed by atoms with van der Waals surface area (Å²) in [6, 6.07) is 11.9. The Kier molecular flexibility index (Phi) is 5.84. The molecule has 0 spiro atoms. The van der Waals surface area contributed by atoms with E-state index in [1.165, 1.54) is 0 Å². The van der Waals surface area contributed by atoms with Crippen LogP contribution in [-0.2, 0) is 0 Å². The number of ether oxygens (including phenoxy) is 1. The van der Waals surface area contributed by atoms with E-state index >= 15 is 0 Å². The summed E-state index contributed by atoms with van der Waals surface area (Å²) in [5.74, 6) is 0.709. The quantitative estimate of drug-likeness (QED) is 0.783. The Labute approximate surface area is 140 Å². The second kappa shape index (κ2) is 7.85. The van der Waals surface area contributed by atoms with Gasteiger partial charge in [0.1, 0.15) is 5.75 Å². The van der Waals surface area contributed by atoms with Crippen LogP contribution in [0, 0.1) is 6.92 Å². The van der Waals surface area contributed by atoms with Crippen LogP contribution >= 0.6 is 11.6 Å². The molecule has 2 rings (SSSR count). The first-order valence-electron chi connectivity index (χ1n) is 7.12. The van der Waals surface area contributed by atoms with Gasteiger partial charge in [0, 0.05) is 6.54 Å². The first kappa shape index (κ1) is 17.1. The Balaban J connectivity index is 1.89. The van der Waals surface area contributed by atoms with Crippen molar-refractivity contribution in [3.05, 3.63) is 58.6 Å². The van der Waals surface area contributed by atoms with Crippen molar-refractivity contribution in [2.75, 3.05) is 19.0 Å². The topological polar surface area (TPSA) is 70.6 Å². The lowest BCUT2D eigenvalue weighted by molar-refractivity contribution is 0.175. The van der Waals surface area contributed by atoms with E-state index in [9.17, 15) is 9.90 Å². The number of carbonyl (C=O) groups is 1. The maximum Gasteiger partial charge on any atom is 0.319 e. The molecule has 0 aromatic heterocycles. The molecule has 5 nitrogen and oxygen atoms in total. The fraction of sp³-hybridized carbons (Fsp3) is 0.235. The van der Waals surface area contributed by atoms with Gasteiger partial charge in [0.15, 0.2) is 0 Å². The summed E-state index contributed by atoms with van der Waals surface area (Å²) >= 11 is 6.02. The summed E-state index contributed by atoms with van der Waals surface area (Å²) in [6.45, 7) is 1.99. The first-order valence-corrected chi connectivity index (χ1v) is 7.50. The zero-order valence-corrected chi connectivity index (χ0v) is 13.7. The Hall–Kier alpha value is -2.24. The number of benzene rings is 2. The fourth-order valence-electron chi connectivity index (χ4n) is 2.03. The number of rotatable bonds is 5. The van der Waals surface area contributed by atoms with Gasteiger partial charge >= 0.3 is 6.03 Å². The molecule has 2 amide bonds. The number of amides is 2. The Bertz CT molecular complexity index is 674. The summed E-state index contributed by atoms with van der Waals surface area (Å²) in [5.41, 5.74) is 2.21. The summed E-state index contributed by atoms with van der Waals surface area (Å²) in [7, 11) is 1.58. The second-order valence-corrected chi connectivity index (χ2v) is 5.51. The molecule has 0 aliphatic carbocycles. The van der Waals surface area contributed by atoms with Gasteiger partial charge in [-0.25, -0.2) is 4.79 Å². The maximum absolute atomic E-state index is 11.9. The lowest BCUT2D eigenvalue weighted by Gasteiger charge is -2.14. The Morgan fingerprint density at radius 2 is 1.96 bits per heavy atom. The predicted octanol–water partition coefficient (Wildman–Crippen LogP) is 3.51. The molecule has 3 N–H and O–H groups in total. The Morgan fingerprint density at radius 3 is 2.61 bits per heavy atom. The van der Waals surface area contributed by atoms with Gasteiger partial charge in [-0.3, -0.25) is 0 Å². The van der Waals surface area contributed by atoms with E-state index in [4.69, 9.17) is 16.3 Å². The molecule has 0 heterocycles. The minimum Gasteiger partial charge on any atom is -0.497 e. The number of carbonyl (C=O) groups excluding carboxylic acids is 1. The highest BCUT2D eigenvalue weighted by Crippen LogP contribution is 2.22. The van der Waals surface area contributed by atoms with E-state index in [2.05, 4.69) is 10.6 Å². The molecule has 0 aliphatic rings. The molecular weight excluding hydrogens is 316 g/mol. The van der Waals surface area contributed by atoms with Gasteiger partial charge < -0.3 is 20.5 Å². The molecule has 0 saturated carbocycles. The van der Waals surface area contributed by atoms with Crippen LogP contribution in [0.25, 0.3) is 0 Å². The Morgan fingerprint density at radius 1 is 1.26 bits per heavy atom. The van der Waals surface area contributed by atoms with E-state index in [0.29, 0.717) is 22.0 Å². The number of anilines is 1. The number of hydrogen-bond acceptors (Lipinski definition) is 3. The molecule has 0 aliphatic heterocycles. The second-order valence-electron chi connectivity index (χ2n) is 5.11. The summed E-state index contributed by atoms with van der Waals surface area (Å²) in [6.07, 6.45) is -0.806. The van der Waals surface area contributed by atoms with Crippen molar-refractivity contribution in [1.29, 1.82) is 0 Å². The number of urea groups is 1. The summed E-state index contributed by atoms with van der Waals surface area (Å²) < 4.78 is 5.06. The smallest absolute Gasteiger partial charge is 0.319 e. The van der Waals surface area contributed by atoms with E-state index < -0.39 is 12.1 Å². The minimum atomic E-state index is -0.806. The van der Waals surface area contributed by atoms with E-state index in [1.54, 1.807) is 43.5 Å². The van der Waals surface area contributed by atoms with Crippen molar-refractivity contribution in [2.24, 2.45) is 0 Å². The molecule has 0 fully saturated rings. The fourth-order valence-corrected chi connectivity index (χ4v) is 2.20. The van der Waals surface area contributed by atoms with Crippen LogP contribution in [-0.4, -0.2) is 24.8 Å². The molecule has 122 valence electrons. The van der Waals surface area contributed by atoms with E-state index in [1.807, 2.05) is 13.0 Å². The molecule has 2 aromatic rings. The number of methoxy groups -OCH3 is 1. The molecule has 2 aromatic carbocycles.